The van der Waals surface area contributed by atoms with Gasteiger partial charge in [-0.3, -0.25) is 4.90 Å². The summed E-state index contributed by atoms with van der Waals surface area (Å²) in [5.74, 6) is 0.623. The maximum atomic E-state index is 9.88. The van der Waals surface area contributed by atoms with E-state index >= 15 is 0 Å². The van der Waals surface area contributed by atoms with Crippen LogP contribution in [0.15, 0.2) is 60.7 Å². The summed E-state index contributed by atoms with van der Waals surface area (Å²) in [4.78, 5) is 2.50. The van der Waals surface area contributed by atoms with Crippen molar-refractivity contribution in [2.24, 2.45) is 5.92 Å². The number of rotatable bonds is 11. The first-order chi connectivity index (χ1) is 16.7. The Hall–Kier alpha value is -1.76. The molecule has 1 heterocycles. The Morgan fingerprint density at radius 3 is 2.15 bits per heavy atom. The van der Waals surface area contributed by atoms with E-state index in [-0.39, 0.29) is 12.3 Å². The fourth-order valence-corrected chi connectivity index (χ4v) is 5.32. The first-order valence-electron chi connectivity index (χ1n) is 13.1. The lowest BCUT2D eigenvalue weighted by Gasteiger charge is -2.48. The Labute approximate surface area is 205 Å². The van der Waals surface area contributed by atoms with Gasteiger partial charge in [0, 0.05) is 12.6 Å². The molecule has 1 aliphatic carbocycles. The highest BCUT2D eigenvalue weighted by atomic mass is 16.7. The molecule has 2 fully saturated rings. The van der Waals surface area contributed by atoms with Crippen LogP contribution in [0.1, 0.15) is 63.0 Å². The van der Waals surface area contributed by atoms with Crippen LogP contribution in [0.5, 0.6) is 0 Å². The molecule has 0 bridgehead atoms. The minimum atomic E-state index is -0.449. The third-order valence-corrected chi connectivity index (χ3v) is 7.17. The summed E-state index contributed by atoms with van der Waals surface area (Å²) in [6.07, 6.45) is 7.13. The molecule has 0 radical (unpaired) electrons. The van der Waals surface area contributed by atoms with Gasteiger partial charge < -0.3 is 19.3 Å². The highest BCUT2D eigenvalue weighted by Crippen LogP contribution is 2.34. The molecule has 5 nitrogen and oxygen atoms in total. The quantitative estimate of drug-likeness (QED) is 0.472. The number of hydrogen-bond acceptors (Lipinski definition) is 5. The zero-order valence-electron chi connectivity index (χ0n) is 20.6. The van der Waals surface area contributed by atoms with Crippen molar-refractivity contribution >= 4 is 0 Å². The van der Waals surface area contributed by atoms with E-state index in [1.54, 1.807) is 0 Å². The summed E-state index contributed by atoms with van der Waals surface area (Å²) in [6.45, 7) is 4.42. The fourth-order valence-electron chi connectivity index (χ4n) is 5.32. The highest BCUT2D eigenvalue weighted by molar-refractivity contribution is 5.14. The molecule has 1 aliphatic heterocycles. The minimum absolute atomic E-state index is 0.279. The fraction of sp³-hybridized carbons (Fsp3) is 0.586. The van der Waals surface area contributed by atoms with Gasteiger partial charge in [-0.25, -0.2) is 0 Å². The number of benzene rings is 2. The topological polar surface area (TPSA) is 51.2 Å². The first-order valence-corrected chi connectivity index (χ1v) is 13.1. The Kier molecular flexibility index (Phi) is 9.96. The standard InChI is InChI=1S/C29H41NO4/c1-23(31)12-11-19-30-27(26-17-9-4-10-18-26)22-34-29(33-21-25-15-7-3-8-16-25)28(30)32-20-24-13-5-2-6-14-24/h2-3,5-8,13-16,23,26-29,31H,4,9-12,17-22H2,1H3/t23-,27?,28?,29?/m1/s1. The molecule has 4 atom stereocenters. The summed E-state index contributed by atoms with van der Waals surface area (Å²) in [7, 11) is 0. The van der Waals surface area contributed by atoms with E-state index in [1.807, 2.05) is 43.3 Å². The van der Waals surface area contributed by atoms with Gasteiger partial charge in [0.2, 0.25) is 0 Å². The second kappa shape index (κ2) is 13.4. The van der Waals surface area contributed by atoms with Crippen LogP contribution in [-0.2, 0) is 27.4 Å². The van der Waals surface area contributed by atoms with Gasteiger partial charge in [0.1, 0.15) is 0 Å². The van der Waals surface area contributed by atoms with Crippen LogP contribution < -0.4 is 0 Å². The van der Waals surface area contributed by atoms with Crippen LogP contribution in [0, 0.1) is 5.92 Å². The van der Waals surface area contributed by atoms with Crippen LogP contribution in [-0.4, -0.2) is 47.8 Å². The number of aliphatic hydroxyl groups excluding tert-OH is 1. The molecular weight excluding hydrogens is 426 g/mol. The smallest absolute Gasteiger partial charge is 0.198 e. The number of hydrogen-bond donors (Lipinski definition) is 1. The first kappa shape index (κ1) is 25.3. The van der Waals surface area contributed by atoms with Crippen LogP contribution in [0.4, 0.5) is 0 Å². The van der Waals surface area contributed by atoms with Gasteiger partial charge in [0.25, 0.3) is 0 Å². The number of nitrogens with zero attached hydrogens (tertiary/aromatic N) is 1. The van der Waals surface area contributed by atoms with Gasteiger partial charge in [-0.2, -0.15) is 0 Å². The molecular formula is C29H41NO4. The Bertz CT molecular complexity index is 809. The van der Waals surface area contributed by atoms with E-state index < -0.39 is 6.29 Å². The molecule has 1 saturated carbocycles. The molecule has 2 aliphatic rings. The summed E-state index contributed by atoms with van der Waals surface area (Å²) in [6, 6.07) is 20.9. The third-order valence-electron chi connectivity index (χ3n) is 7.17. The zero-order valence-corrected chi connectivity index (χ0v) is 20.6. The normalized spacial score (nSPS) is 25.3. The number of aliphatic hydroxyl groups is 1. The van der Waals surface area contributed by atoms with E-state index in [4.69, 9.17) is 14.2 Å². The Balaban J connectivity index is 1.51. The maximum absolute atomic E-state index is 9.88. The highest BCUT2D eigenvalue weighted by Gasteiger charge is 2.42. The molecule has 5 heteroatoms. The molecule has 2 aromatic rings. The van der Waals surface area contributed by atoms with Crippen LogP contribution in [0.2, 0.25) is 0 Å². The van der Waals surface area contributed by atoms with Crippen molar-refractivity contribution in [1.29, 1.82) is 0 Å². The molecule has 2 aromatic carbocycles. The molecule has 34 heavy (non-hydrogen) atoms. The SMILES string of the molecule is C[C@@H](O)CCCN1C(C2CCCCC2)COC(OCc2ccccc2)C1OCc1ccccc1. The van der Waals surface area contributed by atoms with Crippen LogP contribution in [0.3, 0.4) is 0 Å². The second-order valence-corrected chi connectivity index (χ2v) is 9.88. The van der Waals surface area contributed by atoms with Crippen LogP contribution >= 0.6 is 0 Å². The summed E-state index contributed by atoms with van der Waals surface area (Å²) in [5.41, 5.74) is 2.27. The molecule has 1 N–H and O–H groups in total. The van der Waals surface area contributed by atoms with E-state index in [0.717, 1.165) is 30.5 Å². The predicted molar refractivity (Wildman–Crippen MR) is 134 cm³/mol. The van der Waals surface area contributed by atoms with Crippen LogP contribution in [0.25, 0.3) is 0 Å². The molecule has 0 aromatic heterocycles. The molecule has 4 rings (SSSR count). The van der Waals surface area contributed by atoms with E-state index in [9.17, 15) is 5.11 Å². The number of morpholine rings is 1. The number of ether oxygens (including phenoxy) is 3. The van der Waals surface area contributed by atoms with Gasteiger partial charge in [-0.15, -0.1) is 0 Å². The van der Waals surface area contributed by atoms with Gasteiger partial charge in [0.05, 0.1) is 25.9 Å². The van der Waals surface area contributed by atoms with Gasteiger partial charge in [-0.1, -0.05) is 79.9 Å². The largest absolute Gasteiger partial charge is 0.393 e. The lowest BCUT2D eigenvalue weighted by Crippen LogP contribution is -2.61. The average molecular weight is 468 g/mol. The van der Waals surface area contributed by atoms with Gasteiger partial charge in [0.15, 0.2) is 12.5 Å². The van der Waals surface area contributed by atoms with E-state index in [0.29, 0.717) is 31.8 Å². The molecule has 1 saturated heterocycles. The maximum Gasteiger partial charge on any atom is 0.198 e. The molecule has 186 valence electrons. The summed E-state index contributed by atoms with van der Waals surface area (Å²) < 4.78 is 19.3. The minimum Gasteiger partial charge on any atom is -0.393 e. The van der Waals surface area contributed by atoms with Gasteiger partial charge >= 0.3 is 0 Å². The van der Waals surface area contributed by atoms with Crippen molar-refractivity contribution < 1.29 is 19.3 Å². The van der Waals surface area contributed by atoms with Crippen molar-refractivity contribution in [1.82, 2.24) is 4.90 Å². The van der Waals surface area contributed by atoms with E-state index in [1.165, 1.54) is 32.1 Å². The zero-order chi connectivity index (χ0) is 23.6. The Morgan fingerprint density at radius 1 is 0.912 bits per heavy atom. The van der Waals surface area contributed by atoms with E-state index in [2.05, 4.69) is 29.2 Å². The molecule has 0 amide bonds. The monoisotopic (exact) mass is 467 g/mol. The summed E-state index contributed by atoms with van der Waals surface area (Å²) in [5, 5.41) is 9.88. The van der Waals surface area contributed by atoms with Gasteiger partial charge in [-0.05, 0) is 49.7 Å². The van der Waals surface area contributed by atoms with Crippen molar-refractivity contribution in [3.8, 4) is 0 Å². The van der Waals surface area contributed by atoms with Crippen molar-refractivity contribution in [3.05, 3.63) is 71.8 Å². The summed E-state index contributed by atoms with van der Waals surface area (Å²) >= 11 is 0. The molecule has 3 unspecified atom stereocenters. The predicted octanol–water partition coefficient (Wildman–Crippen LogP) is 5.51. The van der Waals surface area contributed by atoms with Crippen molar-refractivity contribution in [2.75, 3.05) is 13.2 Å². The van der Waals surface area contributed by atoms with Crippen molar-refractivity contribution in [2.45, 2.75) is 89.7 Å². The third kappa shape index (κ3) is 7.37. The lowest BCUT2D eigenvalue weighted by molar-refractivity contribution is -0.300. The average Bonchev–Trinajstić information content (AvgIpc) is 2.88. The lowest BCUT2D eigenvalue weighted by atomic mass is 9.83. The second-order valence-electron chi connectivity index (χ2n) is 9.88. The molecule has 0 spiro atoms. The van der Waals surface area contributed by atoms with Crippen molar-refractivity contribution in [3.63, 3.8) is 0 Å². The Morgan fingerprint density at radius 2 is 1.53 bits per heavy atom.